The summed E-state index contributed by atoms with van der Waals surface area (Å²) in [4.78, 5) is 42.3. The standard InChI is InChI=1S/C35H40ClN3O7/c1-24(40)38-16-13-27(14-17-38)35(43)39(15-12-26-10-11-32-33(19-26)46-23-45-32)21-31(41)30(18-25-6-3-2-4-7-25)37-34(42)22-44-29-9-5-8-28(36)20-29/h2-11,19-20,27,30-31,41H,12-18,21-23H2,1H3,(H,37,42). The van der Waals surface area contributed by atoms with Gasteiger partial charge in [-0.25, -0.2) is 0 Å². The Bertz CT molecular complexity index is 1500. The van der Waals surface area contributed by atoms with Gasteiger partial charge >= 0.3 is 0 Å². The molecule has 5 rings (SSSR count). The average molecular weight is 650 g/mol. The van der Waals surface area contributed by atoms with E-state index in [1.165, 1.54) is 6.92 Å². The molecule has 3 aromatic carbocycles. The molecule has 0 saturated carbocycles. The monoisotopic (exact) mass is 649 g/mol. The molecule has 1 fully saturated rings. The van der Waals surface area contributed by atoms with Crippen LogP contribution in [0.25, 0.3) is 0 Å². The zero-order valence-corrected chi connectivity index (χ0v) is 26.7. The number of ether oxygens (including phenoxy) is 3. The highest BCUT2D eigenvalue weighted by molar-refractivity contribution is 6.30. The third-order valence-electron chi connectivity index (χ3n) is 8.39. The first-order valence-electron chi connectivity index (χ1n) is 15.6. The van der Waals surface area contributed by atoms with Crippen molar-refractivity contribution < 1.29 is 33.7 Å². The molecular formula is C35H40ClN3O7. The van der Waals surface area contributed by atoms with Crippen LogP contribution in [0.5, 0.6) is 17.2 Å². The summed E-state index contributed by atoms with van der Waals surface area (Å²) in [6.07, 6.45) is 0.921. The van der Waals surface area contributed by atoms with Gasteiger partial charge < -0.3 is 34.4 Å². The number of aliphatic hydroxyl groups excluding tert-OH is 1. The molecule has 2 N–H and O–H groups in total. The molecule has 10 nitrogen and oxygen atoms in total. The molecule has 2 heterocycles. The Hall–Kier alpha value is -4.28. The van der Waals surface area contributed by atoms with E-state index in [1.54, 1.807) is 34.1 Å². The predicted molar refractivity (Wildman–Crippen MR) is 173 cm³/mol. The largest absolute Gasteiger partial charge is 0.484 e. The van der Waals surface area contributed by atoms with Gasteiger partial charge in [-0.1, -0.05) is 54.1 Å². The Morgan fingerprint density at radius 1 is 1.00 bits per heavy atom. The van der Waals surface area contributed by atoms with Crippen molar-refractivity contribution >= 4 is 29.3 Å². The van der Waals surface area contributed by atoms with E-state index >= 15 is 0 Å². The number of aliphatic hydroxyl groups is 1. The molecule has 2 aliphatic rings. The van der Waals surface area contributed by atoms with Crippen molar-refractivity contribution in [2.45, 2.75) is 44.8 Å². The number of hydrogen-bond acceptors (Lipinski definition) is 7. The van der Waals surface area contributed by atoms with Crippen molar-refractivity contribution in [3.05, 3.63) is 88.9 Å². The summed E-state index contributed by atoms with van der Waals surface area (Å²) in [6, 6.07) is 21.3. The maximum Gasteiger partial charge on any atom is 0.258 e. The second-order valence-corrected chi connectivity index (χ2v) is 12.1. The van der Waals surface area contributed by atoms with E-state index in [4.69, 9.17) is 25.8 Å². The second-order valence-electron chi connectivity index (χ2n) is 11.7. The molecule has 1 saturated heterocycles. The lowest BCUT2D eigenvalue weighted by molar-refractivity contribution is -0.141. The van der Waals surface area contributed by atoms with Crippen LogP contribution >= 0.6 is 11.6 Å². The Morgan fingerprint density at radius 2 is 1.76 bits per heavy atom. The fraction of sp³-hybridized carbons (Fsp3) is 0.400. The molecule has 46 heavy (non-hydrogen) atoms. The van der Waals surface area contributed by atoms with Gasteiger partial charge in [-0.15, -0.1) is 0 Å². The molecule has 3 amide bonds. The van der Waals surface area contributed by atoms with E-state index in [0.29, 0.717) is 67.6 Å². The minimum atomic E-state index is -1.08. The van der Waals surface area contributed by atoms with E-state index in [2.05, 4.69) is 5.32 Å². The van der Waals surface area contributed by atoms with E-state index in [0.717, 1.165) is 11.1 Å². The van der Waals surface area contributed by atoms with E-state index in [1.807, 2.05) is 48.5 Å². The van der Waals surface area contributed by atoms with E-state index in [-0.39, 0.29) is 37.7 Å². The second kappa shape index (κ2) is 15.8. The van der Waals surface area contributed by atoms with Crippen LogP contribution in [-0.2, 0) is 27.2 Å². The highest BCUT2D eigenvalue weighted by Gasteiger charge is 2.32. The summed E-state index contributed by atoms with van der Waals surface area (Å²) in [7, 11) is 0. The third kappa shape index (κ3) is 9.14. The number of likely N-dealkylation sites (tertiary alicyclic amines) is 1. The molecule has 3 aromatic rings. The first kappa shape index (κ1) is 33.1. The molecular weight excluding hydrogens is 610 g/mol. The maximum atomic E-state index is 14.0. The summed E-state index contributed by atoms with van der Waals surface area (Å²) in [5, 5.41) is 15.1. The van der Waals surface area contributed by atoms with Crippen LogP contribution in [0, 0.1) is 5.92 Å². The van der Waals surface area contributed by atoms with Crippen molar-refractivity contribution in [1.29, 1.82) is 0 Å². The summed E-state index contributed by atoms with van der Waals surface area (Å²) in [6.45, 7) is 2.85. The fourth-order valence-electron chi connectivity index (χ4n) is 5.81. The van der Waals surface area contributed by atoms with Gasteiger partial charge in [0.2, 0.25) is 18.6 Å². The Morgan fingerprint density at radius 3 is 2.50 bits per heavy atom. The molecule has 0 spiro atoms. The highest BCUT2D eigenvalue weighted by Crippen LogP contribution is 2.32. The van der Waals surface area contributed by atoms with Gasteiger partial charge in [-0.2, -0.15) is 0 Å². The van der Waals surface area contributed by atoms with Crippen LogP contribution in [-0.4, -0.2) is 84.4 Å². The van der Waals surface area contributed by atoms with E-state index < -0.39 is 18.1 Å². The molecule has 244 valence electrons. The molecule has 11 heteroatoms. The van der Waals surface area contributed by atoms with Crippen LogP contribution < -0.4 is 19.5 Å². The molecule has 0 aliphatic carbocycles. The van der Waals surface area contributed by atoms with Crippen molar-refractivity contribution in [2.24, 2.45) is 5.92 Å². The zero-order chi connectivity index (χ0) is 32.5. The molecule has 2 unspecified atom stereocenters. The Balaban J connectivity index is 1.29. The van der Waals surface area contributed by atoms with Gasteiger partial charge in [-0.3, -0.25) is 14.4 Å². The number of piperidine rings is 1. The summed E-state index contributed by atoms with van der Waals surface area (Å²) in [5.74, 6) is 1.05. The van der Waals surface area contributed by atoms with E-state index in [9.17, 15) is 19.5 Å². The highest BCUT2D eigenvalue weighted by atomic mass is 35.5. The van der Waals surface area contributed by atoms with Crippen LogP contribution in [0.1, 0.15) is 30.9 Å². The lowest BCUT2D eigenvalue weighted by atomic mass is 9.94. The first-order chi connectivity index (χ1) is 22.2. The number of fused-ring (bicyclic) bond motifs is 1. The number of hydrogen-bond donors (Lipinski definition) is 2. The fourth-order valence-corrected chi connectivity index (χ4v) is 5.99. The van der Waals surface area contributed by atoms with Crippen LogP contribution in [0.4, 0.5) is 0 Å². The smallest absolute Gasteiger partial charge is 0.258 e. The Labute approximate surface area is 274 Å². The third-order valence-corrected chi connectivity index (χ3v) is 8.63. The van der Waals surface area contributed by atoms with Gasteiger partial charge in [0.15, 0.2) is 18.1 Å². The number of amides is 3. The van der Waals surface area contributed by atoms with Crippen molar-refractivity contribution in [3.63, 3.8) is 0 Å². The predicted octanol–water partition coefficient (Wildman–Crippen LogP) is 3.87. The van der Waals surface area contributed by atoms with Crippen molar-refractivity contribution in [2.75, 3.05) is 39.6 Å². The lowest BCUT2D eigenvalue weighted by Crippen LogP contribution is -2.53. The minimum Gasteiger partial charge on any atom is -0.484 e. The normalized spacial score (nSPS) is 15.6. The molecule has 2 atom stereocenters. The van der Waals surface area contributed by atoms with Crippen LogP contribution in [0.2, 0.25) is 5.02 Å². The number of carbonyl (C=O) groups is 3. The number of nitrogens with zero attached hydrogens (tertiary/aromatic N) is 2. The van der Waals surface area contributed by atoms with Crippen LogP contribution in [0.3, 0.4) is 0 Å². The zero-order valence-electron chi connectivity index (χ0n) is 25.9. The number of rotatable bonds is 13. The first-order valence-corrected chi connectivity index (χ1v) is 16.0. The minimum absolute atomic E-state index is 0.000165. The van der Waals surface area contributed by atoms with Gasteiger partial charge in [0, 0.05) is 44.0 Å². The number of halogens is 1. The molecule has 0 radical (unpaired) electrons. The van der Waals surface area contributed by atoms with Gasteiger partial charge in [0.1, 0.15) is 5.75 Å². The number of nitrogens with one attached hydrogen (secondary N) is 1. The summed E-state index contributed by atoms with van der Waals surface area (Å²) in [5.41, 5.74) is 1.90. The lowest BCUT2D eigenvalue weighted by Gasteiger charge is -2.36. The SMILES string of the molecule is CC(=O)N1CCC(C(=O)N(CCc2ccc3c(c2)OCO3)CC(O)C(Cc2ccccc2)NC(=O)COc2cccc(Cl)c2)CC1. The van der Waals surface area contributed by atoms with Gasteiger partial charge in [-0.05, 0) is 67.1 Å². The van der Waals surface area contributed by atoms with Gasteiger partial charge in [0.25, 0.3) is 5.91 Å². The van der Waals surface area contributed by atoms with Crippen molar-refractivity contribution in [1.82, 2.24) is 15.1 Å². The quantitative estimate of drug-likeness (QED) is 0.289. The topological polar surface area (TPSA) is 118 Å². The maximum absolute atomic E-state index is 14.0. The molecule has 2 aliphatic heterocycles. The number of carbonyl (C=O) groups excluding carboxylic acids is 3. The number of benzene rings is 3. The molecule has 0 aromatic heterocycles. The molecule has 0 bridgehead atoms. The summed E-state index contributed by atoms with van der Waals surface area (Å²) >= 11 is 6.04. The summed E-state index contributed by atoms with van der Waals surface area (Å²) < 4.78 is 16.6. The average Bonchev–Trinajstić information content (AvgIpc) is 3.54. The van der Waals surface area contributed by atoms with Crippen LogP contribution in [0.15, 0.2) is 72.8 Å². The van der Waals surface area contributed by atoms with Gasteiger partial charge in [0.05, 0.1) is 12.1 Å². The Kier molecular flexibility index (Phi) is 11.4. The van der Waals surface area contributed by atoms with Crippen molar-refractivity contribution in [3.8, 4) is 17.2 Å².